The van der Waals surface area contributed by atoms with E-state index in [4.69, 9.17) is 11.2 Å². The Morgan fingerprint density at radius 1 is 1.23 bits per heavy atom. The summed E-state index contributed by atoms with van der Waals surface area (Å²) in [7, 11) is -2.33. The summed E-state index contributed by atoms with van der Waals surface area (Å²) in [6.07, 6.45) is 5.49. The lowest BCUT2D eigenvalue weighted by molar-refractivity contribution is 0.414. The van der Waals surface area contributed by atoms with Crippen LogP contribution in [0.1, 0.15) is 11.1 Å². The Balaban J connectivity index is 2.24. The van der Waals surface area contributed by atoms with Crippen LogP contribution in [-0.4, -0.2) is 20.1 Å². The molecule has 3 aromatic rings. The number of hydrogen-bond donors (Lipinski definition) is 0. The van der Waals surface area contributed by atoms with Gasteiger partial charge in [0.1, 0.15) is 5.75 Å². The maximum Gasteiger partial charge on any atom is 0.285 e. The Hall–Kier alpha value is -2.56. The molecule has 0 saturated carbocycles. The number of hydrogen-bond acceptors (Lipinski definition) is 4. The number of aryl methyl sites for hydroxylation is 2. The molecule has 7 heteroatoms. The highest BCUT2D eigenvalue weighted by atomic mass is 32.2. The summed E-state index contributed by atoms with van der Waals surface area (Å²) in [6, 6.07) is 10.2. The molecular formula is C19H18N2O3S2. The number of aromatic nitrogens is 1. The Morgan fingerprint density at radius 3 is 2.54 bits per heavy atom. The first-order chi connectivity index (χ1) is 12.4. The van der Waals surface area contributed by atoms with Gasteiger partial charge in [-0.2, -0.15) is 8.42 Å². The molecule has 26 heavy (non-hydrogen) atoms. The summed E-state index contributed by atoms with van der Waals surface area (Å²) in [4.78, 5) is 0.471. The standard InChI is InChI=1S/C19H18N2O3S2/c1-5-10-21-17-12-13(2)11-14(3)18(17)25-19(21)20-26(22,23)16-8-6-15(24-4)7-9-16/h1,6-9,11-12H,10H2,2-4H3/b20-19-. The van der Waals surface area contributed by atoms with E-state index in [1.807, 2.05) is 19.9 Å². The second kappa shape index (κ2) is 6.98. The predicted octanol–water partition coefficient (Wildman–Crippen LogP) is 3.25. The van der Waals surface area contributed by atoms with Gasteiger partial charge in [-0.15, -0.1) is 10.8 Å². The predicted molar refractivity (Wildman–Crippen MR) is 104 cm³/mol. The lowest BCUT2D eigenvalue weighted by atomic mass is 10.1. The molecule has 0 atom stereocenters. The molecule has 0 spiro atoms. The van der Waals surface area contributed by atoms with Crippen molar-refractivity contribution >= 4 is 31.6 Å². The van der Waals surface area contributed by atoms with Gasteiger partial charge < -0.3 is 9.30 Å². The number of ether oxygens (including phenoxy) is 1. The molecule has 1 aromatic heterocycles. The summed E-state index contributed by atoms with van der Waals surface area (Å²) < 4.78 is 37.3. The van der Waals surface area contributed by atoms with E-state index in [0.29, 0.717) is 10.6 Å². The maximum atomic E-state index is 12.7. The van der Waals surface area contributed by atoms with E-state index >= 15 is 0 Å². The first-order valence-electron chi connectivity index (χ1n) is 7.85. The molecule has 0 aliphatic rings. The maximum absolute atomic E-state index is 12.7. The van der Waals surface area contributed by atoms with E-state index in [2.05, 4.69) is 16.4 Å². The Labute approximate surface area is 156 Å². The second-order valence-electron chi connectivity index (χ2n) is 5.85. The summed E-state index contributed by atoms with van der Waals surface area (Å²) >= 11 is 1.33. The number of terminal acetylenes is 1. The van der Waals surface area contributed by atoms with Gasteiger partial charge in [-0.05, 0) is 55.3 Å². The number of benzene rings is 2. The van der Waals surface area contributed by atoms with Crippen molar-refractivity contribution in [3.05, 3.63) is 52.3 Å². The average Bonchev–Trinajstić information content (AvgIpc) is 2.93. The molecule has 0 aliphatic heterocycles. The van der Waals surface area contributed by atoms with Crippen molar-refractivity contribution in [1.29, 1.82) is 0 Å². The van der Waals surface area contributed by atoms with Crippen molar-refractivity contribution in [2.75, 3.05) is 7.11 Å². The molecule has 0 N–H and O–H groups in total. The molecule has 0 aliphatic carbocycles. The summed E-state index contributed by atoms with van der Waals surface area (Å²) in [5.74, 6) is 3.16. The largest absolute Gasteiger partial charge is 0.497 e. The first kappa shape index (κ1) is 18.2. The van der Waals surface area contributed by atoms with E-state index in [9.17, 15) is 8.42 Å². The minimum absolute atomic E-state index is 0.107. The van der Waals surface area contributed by atoms with Gasteiger partial charge in [0.2, 0.25) is 4.80 Å². The van der Waals surface area contributed by atoms with Gasteiger partial charge in [-0.1, -0.05) is 23.3 Å². The van der Waals surface area contributed by atoms with Gasteiger partial charge in [-0.3, -0.25) is 0 Å². The highest BCUT2D eigenvalue weighted by Gasteiger charge is 2.15. The number of rotatable bonds is 4. The molecule has 1 heterocycles. The third kappa shape index (κ3) is 3.39. The van der Waals surface area contributed by atoms with E-state index in [1.54, 1.807) is 16.7 Å². The fraction of sp³-hybridized carbons (Fsp3) is 0.211. The van der Waals surface area contributed by atoms with Crippen molar-refractivity contribution < 1.29 is 13.2 Å². The minimum Gasteiger partial charge on any atom is -0.497 e. The van der Waals surface area contributed by atoms with Crippen LogP contribution >= 0.6 is 11.3 Å². The molecule has 0 unspecified atom stereocenters. The minimum atomic E-state index is -3.86. The summed E-state index contributed by atoms with van der Waals surface area (Å²) in [5.41, 5.74) is 3.05. The van der Waals surface area contributed by atoms with Crippen molar-refractivity contribution in [2.24, 2.45) is 4.40 Å². The number of methoxy groups -OCH3 is 1. The Bertz CT molecular complexity index is 1180. The van der Waals surface area contributed by atoms with Crippen LogP contribution in [0.4, 0.5) is 0 Å². The van der Waals surface area contributed by atoms with Gasteiger partial charge in [0, 0.05) is 0 Å². The zero-order valence-electron chi connectivity index (χ0n) is 14.7. The average molecular weight is 386 g/mol. The van der Waals surface area contributed by atoms with Crippen LogP contribution in [0.2, 0.25) is 0 Å². The van der Waals surface area contributed by atoms with Crippen LogP contribution in [0.15, 0.2) is 45.7 Å². The van der Waals surface area contributed by atoms with Crippen LogP contribution in [0, 0.1) is 26.2 Å². The molecule has 3 rings (SSSR count). The molecule has 0 saturated heterocycles. The van der Waals surface area contributed by atoms with Crippen molar-refractivity contribution in [3.63, 3.8) is 0 Å². The monoisotopic (exact) mass is 386 g/mol. The molecule has 0 radical (unpaired) electrons. The van der Waals surface area contributed by atoms with Crippen LogP contribution < -0.4 is 9.54 Å². The van der Waals surface area contributed by atoms with E-state index in [1.165, 1.54) is 30.6 Å². The van der Waals surface area contributed by atoms with Gasteiger partial charge in [0.05, 0.1) is 28.8 Å². The van der Waals surface area contributed by atoms with Gasteiger partial charge >= 0.3 is 0 Å². The normalized spacial score (nSPS) is 12.3. The number of nitrogens with zero attached hydrogens (tertiary/aromatic N) is 2. The molecule has 5 nitrogen and oxygen atoms in total. The van der Waals surface area contributed by atoms with Crippen LogP contribution in [-0.2, 0) is 16.6 Å². The topological polar surface area (TPSA) is 60.7 Å². The lowest BCUT2D eigenvalue weighted by Gasteiger charge is -2.03. The zero-order valence-corrected chi connectivity index (χ0v) is 16.3. The second-order valence-corrected chi connectivity index (χ2v) is 8.43. The Morgan fingerprint density at radius 2 is 1.92 bits per heavy atom. The third-order valence-electron chi connectivity index (χ3n) is 3.92. The van der Waals surface area contributed by atoms with Gasteiger partial charge in [0.15, 0.2) is 0 Å². The highest BCUT2D eigenvalue weighted by molar-refractivity contribution is 7.90. The van der Waals surface area contributed by atoms with Crippen molar-refractivity contribution in [1.82, 2.24) is 4.57 Å². The van der Waals surface area contributed by atoms with Gasteiger partial charge in [0.25, 0.3) is 10.0 Å². The van der Waals surface area contributed by atoms with Crippen molar-refractivity contribution in [2.45, 2.75) is 25.3 Å². The Kier molecular flexibility index (Phi) is 4.90. The third-order valence-corrected chi connectivity index (χ3v) is 6.55. The fourth-order valence-electron chi connectivity index (χ4n) is 2.73. The number of thiazole rings is 1. The van der Waals surface area contributed by atoms with E-state index in [0.717, 1.165) is 21.3 Å². The SMILES string of the molecule is C#CCn1/c(=N/S(=O)(=O)c2ccc(OC)cc2)sc2c(C)cc(C)cc21. The van der Waals surface area contributed by atoms with E-state index in [-0.39, 0.29) is 11.4 Å². The number of fused-ring (bicyclic) bond motifs is 1. The molecule has 2 aromatic carbocycles. The summed E-state index contributed by atoms with van der Waals surface area (Å²) in [6.45, 7) is 4.24. The molecule has 0 fully saturated rings. The van der Waals surface area contributed by atoms with Gasteiger partial charge in [-0.25, -0.2) is 0 Å². The lowest BCUT2D eigenvalue weighted by Crippen LogP contribution is -2.16. The fourth-order valence-corrected chi connectivity index (χ4v) is 5.01. The van der Waals surface area contributed by atoms with E-state index < -0.39 is 10.0 Å². The van der Waals surface area contributed by atoms with Crippen molar-refractivity contribution in [3.8, 4) is 18.1 Å². The molecule has 134 valence electrons. The summed E-state index contributed by atoms with van der Waals surface area (Å²) in [5, 5.41) is 0. The van der Waals surface area contributed by atoms with Crippen LogP contribution in [0.25, 0.3) is 10.2 Å². The smallest absolute Gasteiger partial charge is 0.285 e. The molecular weight excluding hydrogens is 368 g/mol. The number of sulfonamides is 1. The highest BCUT2D eigenvalue weighted by Crippen LogP contribution is 2.24. The quantitative estimate of drug-likeness (QED) is 0.647. The molecule has 0 bridgehead atoms. The first-order valence-corrected chi connectivity index (χ1v) is 10.1. The van der Waals surface area contributed by atoms with Crippen LogP contribution in [0.5, 0.6) is 5.75 Å². The molecule has 0 amide bonds. The van der Waals surface area contributed by atoms with Crippen LogP contribution in [0.3, 0.4) is 0 Å². The zero-order chi connectivity index (χ0) is 18.9.